The summed E-state index contributed by atoms with van der Waals surface area (Å²) in [6.07, 6.45) is -54.8. The number of benzene rings is 10. The summed E-state index contributed by atoms with van der Waals surface area (Å²) in [7, 11) is -0.725. The van der Waals surface area contributed by atoms with E-state index >= 15 is 0 Å². The zero-order valence-corrected chi connectivity index (χ0v) is 65.5. The average Bonchev–Trinajstić information content (AvgIpc) is 0.705. The summed E-state index contributed by atoms with van der Waals surface area (Å²) in [6, 6.07) is 44.6. The quantitative estimate of drug-likeness (QED) is 0.0158. The second-order valence-electron chi connectivity index (χ2n) is 26.6. The average molecular weight is 1800 g/mol. The smallest absolute Gasteiger partial charge is 0.416 e. The van der Waals surface area contributed by atoms with Gasteiger partial charge in [-0.1, -0.05) is 140 Å². The normalized spacial score (nSPS) is 12.6. The summed E-state index contributed by atoms with van der Waals surface area (Å²) >= 11 is 0. The predicted octanol–water partition coefficient (Wildman–Crippen LogP) is 20.5. The molecule has 0 fully saturated rings. The molecule has 0 saturated carbocycles. The van der Waals surface area contributed by atoms with Crippen LogP contribution in [-0.2, 0) is 88.7 Å². The van der Waals surface area contributed by atoms with Crippen LogP contribution in [0.2, 0.25) is 0 Å². The van der Waals surface area contributed by atoms with Gasteiger partial charge in [-0.2, -0.15) is 127 Å². The summed E-state index contributed by atoms with van der Waals surface area (Å²) < 4.78 is 412. The summed E-state index contributed by atoms with van der Waals surface area (Å²) in [4.78, 5) is 2.93. The number of ether oxygens (including phenoxy) is 12. The van der Waals surface area contributed by atoms with E-state index in [0.717, 1.165) is 49.2 Å². The van der Waals surface area contributed by atoms with Crippen molar-refractivity contribution >= 4 is 38.9 Å². The molecule has 0 aliphatic heterocycles. The van der Waals surface area contributed by atoms with Crippen LogP contribution in [0.3, 0.4) is 0 Å². The van der Waals surface area contributed by atoms with Crippen molar-refractivity contribution in [2.45, 2.75) is 64.1 Å². The molecule has 0 aliphatic rings. The Morgan fingerprint density at radius 3 is 0.532 bits per heavy atom. The molecular weight excluding hydrogens is 1720 g/mol. The van der Waals surface area contributed by atoms with Gasteiger partial charge < -0.3 is 56.8 Å². The summed E-state index contributed by atoms with van der Waals surface area (Å²) in [5, 5.41) is 0. The molecule has 10 aromatic carbocycles. The number of para-hydroxylation sites is 6. The van der Waals surface area contributed by atoms with E-state index in [-0.39, 0.29) is 0 Å². The van der Waals surface area contributed by atoms with Gasteiger partial charge in [-0.15, -0.1) is 0 Å². The lowest BCUT2D eigenvalue weighted by molar-refractivity contribution is -0.144. The van der Waals surface area contributed by atoms with Gasteiger partial charge in [0.2, 0.25) is 14.7 Å². The first-order valence-corrected chi connectivity index (χ1v) is 38.6. The SMILES string of the molecule is FC(F)(F)c1cc([B-](c2cc(C(F)(F)F)cc(C(F)(F)F)c2)(c2cc(C(F)(F)F)cc(C(F)(F)F)c2)c2cc(C(F)(F)F)cc(C(F)(F)F)c2)cc(C(F)(F)F)c1.c1ccc(OCCOCCOCCOc2ccccc2[S+](c2ccccc2OCCOCCOCCOc2ccccc2)c2ccccc2OCCOCCOCCOc2ccccc2)cc1. The Kier molecular flexibility index (Phi) is 34.4. The Balaban J connectivity index is 0.000000285. The second kappa shape index (κ2) is 43.9. The molecule has 0 unspecified atom stereocenters. The highest BCUT2D eigenvalue weighted by Crippen LogP contribution is 2.46. The highest BCUT2D eigenvalue weighted by atomic mass is 32.2. The molecule has 0 N–H and O–H groups in total. The van der Waals surface area contributed by atoms with Gasteiger partial charge in [-0.3, -0.25) is 0 Å². The zero-order chi connectivity index (χ0) is 90.0. The third kappa shape index (κ3) is 28.8. The molecule has 12 nitrogen and oxygen atoms in total. The Morgan fingerprint density at radius 2 is 0.347 bits per heavy atom. The van der Waals surface area contributed by atoms with Gasteiger partial charge in [0.05, 0.1) is 124 Å². The van der Waals surface area contributed by atoms with Crippen molar-refractivity contribution in [2.75, 3.05) is 119 Å². The van der Waals surface area contributed by atoms with Crippen molar-refractivity contribution in [1.82, 2.24) is 0 Å². The third-order valence-electron chi connectivity index (χ3n) is 17.9. The number of alkyl halides is 24. The summed E-state index contributed by atoms with van der Waals surface area (Å²) in [5.41, 5.74) is -30.2. The summed E-state index contributed by atoms with van der Waals surface area (Å²) in [5.74, 6) is 4.69. The fourth-order valence-corrected chi connectivity index (χ4v) is 14.8. The number of hydrogen-bond acceptors (Lipinski definition) is 12. The van der Waals surface area contributed by atoms with E-state index in [1.807, 2.05) is 146 Å². The second-order valence-corrected chi connectivity index (χ2v) is 28.5. The van der Waals surface area contributed by atoms with E-state index in [9.17, 15) is 105 Å². The van der Waals surface area contributed by atoms with Crippen LogP contribution in [0.4, 0.5) is 105 Å². The first kappa shape index (κ1) is 97.3. The van der Waals surface area contributed by atoms with Crippen molar-refractivity contribution in [3.8, 4) is 34.5 Å². The van der Waals surface area contributed by atoms with Crippen molar-refractivity contribution < 1.29 is 162 Å². The first-order valence-electron chi connectivity index (χ1n) is 37.4. The standard InChI is InChI=1S/C54H63O12S.C32H12BF24/c1-4-16-46(17-5-1)61-40-34-55-28-31-58-37-43-64-49-22-10-13-25-52(49)67(53-26-14-11-23-50(53)65-44-38-59-32-29-56-35-41-62-47-18-6-2-7-19-47)54-27-15-12-24-51(54)66-45-39-60-33-30-57-36-42-63-48-20-8-3-9-21-48;34-25(35,36)13-1-14(26(37,38)39)6-21(5-13)33(22-7-15(27(40,41)42)2-16(8-22)28(43,44)45,23-9-17(29(46,47)48)3-18(10-23)30(49,50)51)24-11-19(31(52,53)54)4-20(12-24)32(55,56)57/h1-27H,28-45H2;1-12H/q+1;-1. The molecule has 124 heavy (non-hydrogen) atoms. The van der Waals surface area contributed by atoms with E-state index in [0.29, 0.717) is 119 Å². The van der Waals surface area contributed by atoms with Crippen molar-refractivity contribution in [3.63, 3.8) is 0 Å². The minimum atomic E-state index is -6.13. The molecule has 0 radical (unpaired) electrons. The predicted molar refractivity (Wildman–Crippen MR) is 409 cm³/mol. The maximum Gasteiger partial charge on any atom is 0.416 e. The van der Waals surface area contributed by atoms with Crippen molar-refractivity contribution in [1.29, 1.82) is 0 Å². The van der Waals surface area contributed by atoms with Crippen LogP contribution in [0.25, 0.3) is 0 Å². The number of hydrogen-bond donors (Lipinski definition) is 0. The van der Waals surface area contributed by atoms with Gasteiger partial charge in [0.1, 0.15) is 73.9 Å². The Morgan fingerprint density at radius 1 is 0.185 bits per heavy atom. The van der Waals surface area contributed by atoms with E-state index in [1.165, 1.54) is 0 Å². The minimum absolute atomic E-state index is 0.351. The van der Waals surface area contributed by atoms with Gasteiger partial charge in [-0.05, 0) is 97.1 Å². The molecule has 0 atom stereocenters. The Labute approximate surface area is 697 Å². The monoisotopic (exact) mass is 1800 g/mol. The maximum atomic E-state index is 14.2. The van der Waals surface area contributed by atoms with E-state index < -0.39 is 206 Å². The molecule has 0 amide bonds. The largest absolute Gasteiger partial charge is 0.491 e. The van der Waals surface area contributed by atoms with Crippen LogP contribution in [0.1, 0.15) is 44.5 Å². The molecule has 0 heterocycles. The van der Waals surface area contributed by atoms with Crippen molar-refractivity contribution in [3.05, 3.63) is 281 Å². The fourth-order valence-electron chi connectivity index (χ4n) is 12.4. The molecule has 0 bridgehead atoms. The van der Waals surface area contributed by atoms with Gasteiger partial charge in [0.25, 0.3) is 0 Å². The highest BCUT2D eigenvalue weighted by molar-refractivity contribution is 7.97. The molecular formula is C86H75BF24O12S. The van der Waals surface area contributed by atoms with E-state index in [2.05, 4.69) is 18.2 Å². The Bertz CT molecular complexity index is 4270. The third-order valence-corrected chi connectivity index (χ3v) is 20.3. The molecule has 0 aromatic heterocycles. The number of rotatable bonds is 40. The topological polar surface area (TPSA) is 111 Å². The van der Waals surface area contributed by atoms with Crippen LogP contribution in [0.5, 0.6) is 34.5 Å². The molecule has 38 heteroatoms. The molecule has 0 aliphatic carbocycles. The van der Waals surface area contributed by atoms with Crippen molar-refractivity contribution in [2.24, 2.45) is 0 Å². The lowest BCUT2D eigenvalue weighted by atomic mass is 9.12. The summed E-state index contributed by atoms with van der Waals surface area (Å²) in [6.45, 7) is 7.77. The van der Waals surface area contributed by atoms with Gasteiger partial charge in [-0.25, -0.2) is 0 Å². The molecule has 0 spiro atoms. The van der Waals surface area contributed by atoms with Crippen LogP contribution in [-0.4, -0.2) is 125 Å². The van der Waals surface area contributed by atoms with Gasteiger partial charge >= 0.3 is 49.4 Å². The number of halogens is 24. The highest BCUT2D eigenvalue weighted by Gasteiger charge is 2.48. The Hall–Kier alpha value is -10.5. The molecule has 0 saturated heterocycles. The van der Waals surface area contributed by atoms with Crippen LogP contribution in [0.15, 0.2) is 251 Å². The molecule has 668 valence electrons. The molecule has 10 aromatic rings. The van der Waals surface area contributed by atoms with E-state index in [1.54, 1.807) is 0 Å². The first-order chi connectivity index (χ1) is 58.6. The van der Waals surface area contributed by atoms with Crippen LogP contribution >= 0.6 is 0 Å². The van der Waals surface area contributed by atoms with E-state index in [4.69, 9.17) is 56.8 Å². The lowest BCUT2D eigenvalue weighted by Gasteiger charge is -2.46. The zero-order valence-electron chi connectivity index (χ0n) is 64.7. The maximum absolute atomic E-state index is 14.2. The lowest BCUT2D eigenvalue weighted by Crippen LogP contribution is -2.75. The van der Waals surface area contributed by atoms with Crippen LogP contribution in [0, 0.1) is 0 Å². The van der Waals surface area contributed by atoms with Gasteiger partial charge in [0.15, 0.2) is 17.2 Å². The van der Waals surface area contributed by atoms with Crippen LogP contribution < -0.4 is 50.3 Å². The fraction of sp³-hybridized carbons (Fsp3) is 0.302. The minimum Gasteiger partial charge on any atom is -0.491 e. The van der Waals surface area contributed by atoms with Gasteiger partial charge in [0, 0.05) is 0 Å². The molecule has 10 rings (SSSR count).